The van der Waals surface area contributed by atoms with Crippen LogP contribution in [-0.4, -0.2) is 23.6 Å². The minimum atomic E-state index is -1.03. The maximum atomic E-state index is 12.0. The summed E-state index contributed by atoms with van der Waals surface area (Å²) in [6.45, 7) is 2.68. The van der Waals surface area contributed by atoms with Crippen LogP contribution in [0.15, 0.2) is 36.4 Å². The van der Waals surface area contributed by atoms with Gasteiger partial charge >= 0.3 is 5.97 Å². The number of carboxylic acid groups (broad SMARTS) is 1. The maximum absolute atomic E-state index is 12.0. The van der Waals surface area contributed by atoms with E-state index in [0.29, 0.717) is 17.2 Å². The number of anilines is 1. The number of amides is 1. The molecule has 0 spiro atoms. The summed E-state index contributed by atoms with van der Waals surface area (Å²) >= 11 is 0.946. The molecule has 1 aromatic heterocycles. The van der Waals surface area contributed by atoms with Gasteiger partial charge in [-0.2, -0.15) is 0 Å². The van der Waals surface area contributed by atoms with E-state index >= 15 is 0 Å². The van der Waals surface area contributed by atoms with Crippen LogP contribution in [0.25, 0.3) is 0 Å². The highest BCUT2D eigenvalue weighted by molar-refractivity contribution is 7.15. The molecule has 2 rings (SSSR count). The highest BCUT2D eigenvalue weighted by Crippen LogP contribution is 2.20. The van der Waals surface area contributed by atoms with Gasteiger partial charge in [-0.1, -0.05) is 6.92 Å². The molecule has 0 saturated carbocycles. The molecular formula is C15H15NO4S. The van der Waals surface area contributed by atoms with Crippen LogP contribution in [0.1, 0.15) is 32.7 Å². The van der Waals surface area contributed by atoms with Gasteiger partial charge in [-0.05, 0) is 42.8 Å². The summed E-state index contributed by atoms with van der Waals surface area (Å²) in [6, 6.07) is 9.97. The van der Waals surface area contributed by atoms with Gasteiger partial charge in [0.1, 0.15) is 10.6 Å². The number of hydrogen-bond donors (Lipinski definition) is 2. The van der Waals surface area contributed by atoms with Gasteiger partial charge in [0.25, 0.3) is 5.91 Å². The van der Waals surface area contributed by atoms with Gasteiger partial charge in [-0.25, -0.2) is 4.79 Å². The van der Waals surface area contributed by atoms with Crippen molar-refractivity contribution in [1.82, 2.24) is 0 Å². The fourth-order valence-electron chi connectivity index (χ4n) is 1.62. The van der Waals surface area contributed by atoms with Crippen molar-refractivity contribution in [3.05, 3.63) is 46.2 Å². The molecule has 0 radical (unpaired) electrons. The lowest BCUT2D eigenvalue weighted by atomic mass is 10.3. The number of nitrogens with one attached hydrogen (secondary N) is 1. The summed E-state index contributed by atoms with van der Waals surface area (Å²) in [5.41, 5.74) is 0.633. The van der Waals surface area contributed by atoms with Gasteiger partial charge in [0.05, 0.1) is 11.5 Å². The Kier molecular flexibility index (Phi) is 4.94. The summed E-state index contributed by atoms with van der Waals surface area (Å²) in [5, 5.41) is 11.6. The number of carboxylic acids is 1. The molecular weight excluding hydrogens is 290 g/mol. The van der Waals surface area contributed by atoms with Gasteiger partial charge in [0.15, 0.2) is 0 Å². The third-order valence-electron chi connectivity index (χ3n) is 2.63. The van der Waals surface area contributed by atoms with Crippen molar-refractivity contribution in [2.75, 3.05) is 11.9 Å². The number of thiophene rings is 1. The molecule has 2 N–H and O–H groups in total. The van der Waals surface area contributed by atoms with Crippen molar-refractivity contribution in [1.29, 1.82) is 0 Å². The predicted molar refractivity (Wildman–Crippen MR) is 81.5 cm³/mol. The van der Waals surface area contributed by atoms with Crippen LogP contribution < -0.4 is 10.1 Å². The van der Waals surface area contributed by atoms with Crippen LogP contribution in [0.5, 0.6) is 5.75 Å². The summed E-state index contributed by atoms with van der Waals surface area (Å²) in [4.78, 5) is 23.3. The molecule has 0 aliphatic carbocycles. The predicted octanol–water partition coefficient (Wildman–Crippen LogP) is 3.49. The van der Waals surface area contributed by atoms with E-state index < -0.39 is 5.97 Å². The van der Waals surface area contributed by atoms with Crippen molar-refractivity contribution in [2.24, 2.45) is 0 Å². The Morgan fingerprint density at radius 2 is 1.81 bits per heavy atom. The number of carbonyl (C=O) groups is 2. The van der Waals surface area contributed by atoms with Gasteiger partial charge < -0.3 is 15.2 Å². The van der Waals surface area contributed by atoms with Crippen LogP contribution in [-0.2, 0) is 0 Å². The molecule has 0 aliphatic heterocycles. The molecule has 5 nitrogen and oxygen atoms in total. The number of aromatic carboxylic acids is 1. The average molecular weight is 305 g/mol. The number of carbonyl (C=O) groups excluding carboxylic acids is 1. The first-order valence-corrected chi connectivity index (χ1v) is 7.29. The number of benzene rings is 1. The molecule has 110 valence electrons. The van der Waals surface area contributed by atoms with Gasteiger partial charge in [-0.3, -0.25) is 4.79 Å². The van der Waals surface area contributed by atoms with E-state index in [1.165, 1.54) is 12.1 Å². The zero-order chi connectivity index (χ0) is 15.2. The number of ether oxygens (including phenoxy) is 1. The summed E-state index contributed by atoms with van der Waals surface area (Å²) in [6.07, 6.45) is 0.933. The lowest BCUT2D eigenvalue weighted by Gasteiger charge is -2.06. The number of rotatable bonds is 6. The topological polar surface area (TPSA) is 75.6 Å². The van der Waals surface area contributed by atoms with Crippen molar-refractivity contribution in [2.45, 2.75) is 13.3 Å². The summed E-state index contributed by atoms with van der Waals surface area (Å²) < 4.78 is 5.45. The quantitative estimate of drug-likeness (QED) is 0.856. The van der Waals surface area contributed by atoms with Crippen LogP contribution in [0, 0.1) is 0 Å². The van der Waals surface area contributed by atoms with Gasteiger partial charge in [0.2, 0.25) is 0 Å². The smallest absolute Gasteiger partial charge is 0.345 e. The van der Waals surface area contributed by atoms with E-state index in [1.54, 1.807) is 24.3 Å². The first kappa shape index (κ1) is 15.1. The van der Waals surface area contributed by atoms with E-state index in [1.807, 2.05) is 6.92 Å². The second-order valence-corrected chi connectivity index (χ2v) is 5.38. The molecule has 1 amide bonds. The van der Waals surface area contributed by atoms with E-state index in [4.69, 9.17) is 9.84 Å². The molecule has 0 fully saturated rings. The monoisotopic (exact) mass is 305 g/mol. The normalized spacial score (nSPS) is 10.1. The van der Waals surface area contributed by atoms with Crippen molar-refractivity contribution < 1.29 is 19.4 Å². The van der Waals surface area contributed by atoms with Crippen molar-refractivity contribution >= 4 is 28.9 Å². The summed E-state index contributed by atoms with van der Waals surface area (Å²) in [5.74, 6) is -0.606. The van der Waals surface area contributed by atoms with Gasteiger partial charge in [0, 0.05) is 5.69 Å². The van der Waals surface area contributed by atoms with E-state index in [0.717, 1.165) is 23.5 Å². The molecule has 1 aromatic carbocycles. The minimum Gasteiger partial charge on any atom is -0.494 e. The number of hydrogen-bond acceptors (Lipinski definition) is 4. The second-order valence-electron chi connectivity index (χ2n) is 4.30. The molecule has 0 aliphatic rings. The highest BCUT2D eigenvalue weighted by Gasteiger charge is 2.13. The van der Waals surface area contributed by atoms with Crippen LogP contribution in [0.3, 0.4) is 0 Å². The molecule has 0 bridgehead atoms. The Morgan fingerprint density at radius 1 is 1.14 bits per heavy atom. The molecule has 2 aromatic rings. The van der Waals surface area contributed by atoms with Crippen LogP contribution in [0.2, 0.25) is 0 Å². The van der Waals surface area contributed by atoms with Crippen molar-refractivity contribution in [3.8, 4) is 5.75 Å². The van der Waals surface area contributed by atoms with E-state index in [-0.39, 0.29) is 10.8 Å². The Bertz CT molecular complexity index is 633. The maximum Gasteiger partial charge on any atom is 0.345 e. The highest BCUT2D eigenvalue weighted by atomic mass is 32.1. The van der Waals surface area contributed by atoms with E-state index in [9.17, 15) is 9.59 Å². The SMILES string of the molecule is CCCOc1ccc(NC(=O)c2ccc(C(=O)O)s2)cc1. The zero-order valence-corrected chi connectivity index (χ0v) is 12.3. The molecule has 0 saturated heterocycles. The summed E-state index contributed by atoms with van der Waals surface area (Å²) in [7, 11) is 0. The first-order chi connectivity index (χ1) is 10.1. The van der Waals surface area contributed by atoms with Gasteiger partial charge in [-0.15, -0.1) is 11.3 Å². The Hall–Kier alpha value is -2.34. The fraction of sp³-hybridized carbons (Fsp3) is 0.200. The second kappa shape index (κ2) is 6.90. The van der Waals surface area contributed by atoms with Crippen LogP contribution >= 0.6 is 11.3 Å². The lowest BCUT2D eigenvalue weighted by Crippen LogP contribution is -2.10. The molecule has 1 heterocycles. The average Bonchev–Trinajstić information content (AvgIpc) is 2.97. The third kappa shape index (κ3) is 4.06. The van der Waals surface area contributed by atoms with Crippen LogP contribution in [0.4, 0.5) is 5.69 Å². The molecule has 6 heteroatoms. The Balaban J connectivity index is 2.00. The largest absolute Gasteiger partial charge is 0.494 e. The minimum absolute atomic E-state index is 0.142. The zero-order valence-electron chi connectivity index (χ0n) is 11.5. The van der Waals surface area contributed by atoms with E-state index in [2.05, 4.69) is 5.32 Å². The first-order valence-electron chi connectivity index (χ1n) is 6.47. The van der Waals surface area contributed by atoms with Crippen molar-refractivity contribution in [3.63, 3.8) is 0 Å². The molecule has 0 atom stereocenters. The molecule has 0 unspecified atom stereocenters. The molecule has 21 heavy (non-hydrogen) atoms. The third-order valence-corrected chi connectivity index (χ3v) is 3.70. The Morgan fingerprint density at radius 3 is 2.38 bits per heavy atom. The fourth-order valence-corrected chi connectivity index (χ4v) is 2.36. The lowest BCUT2D eigenvalue weighted by molar-refractivity contribution is 0.0702. The Labute approximate surface area is 126 Å². The standard InChI is InChI=1S/C15H15NO4S/c1-2-9-20-11-5-3-10(4-6-11)16-14(17)12-7-8-13(21-12)15(18)19/h3-8H,2,9H2,1H3,(H,16,17)(H,18,19).